The van der Waals surface area contributed by atoms with E-state index in [9.17, 15) is 0 Å². The van der Waals surface area contributed by atoms with E-state index in [1.165, 1.54) is 16.7 Å². The fourth-order valence-corrected chi connectivity index (χ4v) is 4.19. The van der Waals surface area contributed by atoms with Gasteiger partial charge in [-0.05, 0) is 55.3 Å². The Morgan fingerprint density at radius 1 is 1.00 bits per heavy atom. The summed E-state index contributed by atoms with van der Waals surface area (Å²) in [6.45, 7) is 4.22. The molecule has 0 aliphatic heterocycles. The van der Waals surface area contributed by atoms with Gasteiger partial charge in [-0.25, -0.2) is 0 Å². The van der Waals surface area contributed by atoms with Crippen LogP contribution in [0.2, 0.25) is 10.0 Å². The number of aryl methyl sites for hydroxylation is 2. The average Bonchev–Trinajstić information content (AvgIpc) is 3.34. The molecular weight excluding hydrogens is 413 g/mol. The number of aromatic nitrogens is 3. The summed E-state index contributed by atoms with van der Waals surface area (Å²) in [5.41, 5.74) is 4.59. The lowest BCUT2D eigenvalue weighted by atomic mass is 10.1. The second-order valence-electron chi connectivity index (χ2n) is 6.44. The van der Waals surface area contributed by atoms with Gasteiger partial charge in [-0.15, -0.1) is 10.2 Å². The molecule has 0 amide bonds. The van der Waals surface area contributed by atoms with E-state index < -0.39 is 0 Å². The van der Waals surface area contributed by atoms with Crippen molar-refractivity contribution >= 4 is 35.0 Å². The molecule has 2 aromatic carbocycles. The predicted molar refractivity (Wildman–Crippen MR) is 115 cm³/mol. The minimum absolute atomic E-state index is 0.476. The smallest absolute Gasteiger partial charge is 0.205 e. The summed E-state index contributed by atoms with van der Waals surface area (Å²) in [5, 5.41) is 10.5. The van der Waals surface area contributed by atoms with Gasteiger partial charge in [0.2, 0.25) is 5.82 Å². The largest absolute Gasteiger partial charge is 0.461 e. The van der Waals surface area contributed by atoms with Gasteiger partial charge in [0.05, 0.1) is 22.0 Å². The second-order valence-corrected chi connectivity index (χ2v) is 8.19. The third kappa shape index (κ3) is 3.83. The first-order valence-electron chi connectivity index (χ1n) is 8.66. The maximum absolute atomic E-state index is 6.26. The van der Waals surface area contributed by atoms with Gasteiger partial charge in [0.15, 0.2) is 10.9 Å². The van der Waals surface area contributed by atoms with E-state index in [2.05, 4.69) is 42.2 Å². The minimum atomic E-state index is 0.476. The van der Waals surface area contributed by atoms with Gasteiger partial charge in [0.1, 0.15) is 0 Å². The minimum Gasteiger partial charge on any atom is -0.461 e. The van der Waals surface area contributed by atoms with Crippen LogP contribution in [0.4, 0.5) is 0 Å². The molecule has 142 valence electrons. The Morgan fingerprint density at radius 2 is 1.86 bits per heavy atom. The quantitative estimate of drug-likeness (QED) is 0.329. The first kappa shape index (κ1) is 19.1. The van der Waals surface area contributed by atoms with Crippen LogP contribution in [0.15, 0.2) is 64.4 Å². The number of nitrogens with zero attached hydrogens (tertiary/aromatic N) is 3. The molecule has 0 N–H and O–H groups in total. The van der Waals surface area contributed by atoms with Crippen molar-refractivity contribution in [3.63, 3.8) is 0 Å². The molecule has 0 saturated heterocycles. The highest BCUT2D eigenvalue weighted by atomic mass is 35.5. The van der Waals surface area contributed by atoms with Gasteiger partial charge >= 0.3 is 0 Å². The molecular formula is C21H17Cl2N3OS. The summed E-state index contributed by atoms with van der Waals surface area (Å²) in [6, 6.07) is 15.6. The van der Waals surface area contributed by atoms with Gasteiger partial charge < -0.3 is 4.42 Å². The first-order chi connectivity index (χ1) is 13.5. The van der Waals surface area contributed by atoms with Crippen molar-refractivity contribution in [1.29, 1.82) is 0 Å². The molecule has 0 spiro atoms. The van der Waals surface area contributed by atoms with Crippen molar-refractivity contribution in [3.05, 3.63) is 81.5 Å². The van der Waals surface area contributed by atoms with E-state index in [-0.39, 0.29) is 0 Å². The van der Waals surface area contributed by atoms with Crippen LogP contribution in [-0.4, -0.2) is 14.8 Å². The topological polar surface area (TPSA) is 43.9 Å². The van der Waals surface area contributed by atoms with E-state index in [1.54, 1.807) is 24.1 Å². The number of benzene rings is 2. The number of hydrogen-bond acceptors (Lipinski definition) is 4. The zero-order valence-corrected chi connectivity index (χ0v) is 17.6. The zero-order valence-electron chi connectivity index (χ0n) is 15.3. The molecule has 2 heterocycles. The van der Waals surface area contributed by atoms with Crippen molar-refractivity contribution in [3.8, 4) is 17.3 Å². The Morgan fingerprint density at radius 3 is 2.61 bits per heavy atom. The molecule has 0 bridgehead atoms. The zero-order chi connectivity index (χ0) is 19.7. The highest BCUT2D eigenvalue weighted by Gasteiger charge is 2.19. The van der Waals surface area contributed by atoms with E-state index in [1.807, 2.05) is 28.8 Å². The number of halogens is 2. The standard InChI is InChI=1S/C21H17Cl2N3OS/c1-13-5-6-14(2)15(10-13)12-28-21-25-24-20(19-4-3-9-27-19)26(21)16-7-8-17(22)18(23)11-16/h3-11H,12H2,1-2H3. The molecule has 0 radical (unpaired) electrons. The lowest BCUT2D eigenvalue weighted by Gasteiger charge is -2.11. The Kier molecular flexibility index (Phi) is 5.49. The maximum Gasteiger partial charge on any atom is 0.205 e. The fourth-order valence-electron chi connectivity index (χ4n) is 2.88. The van der Waals surface area contributed by atoms with Crippen LogP contribution in [-0.2, 0) is 5.75 Å². The summed E-state index contributed by atoms with van der Waals surface area (Å²) >= 11 is 14.0. The lowest BCUT2D eigenvalue weighted by molar-refractivity contribution is 0.575. The van der Waals surface area contributed by atoms with Crippen LogP contribution in [0.3, 0.4) is 0 Å². The average molecular weight is 430 g/mol. The normalized spacial score (nSPS) is 11.1. The van der Waals surface area contributed by atoms with E-state index in [0.717, 1.165) is 16.6 Å². The van der Waals surface area contributed by atoms with Crippen molar-refractivity contribution in [2.75, 3.05) is 0 Å². The molecule has 28 heavy (non-hydrogen) atoms. The molecule has 0 atom stereocenters. The number of thioether (sulfide) groups is 1. The van der Waals surface area contributed by atoms with Crippen molar-refractivity contribution in [2.45, 2.75) is 24.8 Å². The van der Waals surface area contributed by atoms with Crippen molar-refractivity contribution in [1.82, 2.24) is 14.8 Å². The molecule has 0 saturated carbocycles. The van der Waals surface area contributed by atoms with Crippen LogP contribution < -0.4 is 0 Å². The fraction of sp³-hybridized carbons (Fsp3) is 0.143. The molecule has 4 rings (SSSR count). The molecule has 0 aliphatic rings. The molecule has 4 aromatic rings. The van der Waals surface area contributed by atoms with Crippen molar-refractivity contribution < 1.29 is 4.42 Å². The van der Waals surface area contributed by atoms with Gasteiger partial charge in [-0.3, -0.25) is 4.57 Å². The molecule has 7 heteroatoms. The van der Waals surface area contributed by atoms with Crippen LogP contribution in [0.5, 0.6) is 0 Å². The number of hydrogen-bond donors (Lipinski definition) is 0. The van der Waals surface area contributed by atoms with Crippen molar-refractivity contribution in [2.24, 2.45) is 0 Å². The predicted octanol–water partition coefficient (Wildman–Crippen LogP) is 6.74. The lowest BCUT2D eigenvalue weighted by Crippen LogP contribution is -2.00. The van der Waals surface area contributed by atoms with Crippen LogP contribution in [0.25, 0.3) is 17.3 Å². The molecule has 0 aliphatic carbocycles. The summed E-state index contributed by atoms with van der Waals surface area (Å²) in [4.78, 5) is 0. The maximum atomic E-state index is 6.26. The summed E-state index contributed by atoms with van der Waals surface area (Å²) in [6.07, 6.45) is 1.62. The Balaban J connectivity index is 1.75. The molecule has 0 unspecified atom stereocenters. The second kappa shape index (κ2) is 8.03. The van der Waals surface area contributed by atoms with Crippen LogP contribution >= 0.6 is 35.0 Å². The first-order valence-corrected chi connectivity index (χ1v) is 10.4. The van der Waals surface area contributed by atoms with E-state index in [0.29, 0.717) is 21.6 Å². The van der Waals surface area contributed by atoms with Gasteiger partial charge in [0, 0.05) is 5.75 Å². The van der Waals surface area contributed by atoms with Gasteiger partial charge in [-0.1, -0.05) is 58.7 Å². The number of furan rings is 1. The van der Waals surface area contributed by atoms with Gasteiger partial charge in [-0.2, -0.15) is 0 Å². The Labute approximate surface area is 177 Å². The van der Waals surface area contributed by atoms with Crippen LogP contribution in [0, 0.1) is 13.8 Å². The number of rotatable bonds is 5. The summed E-state index contributed by atoms with van der Waals surface area (Å²) in [7, 11) is 0. The third-order valence-electron chi connectivity index (χ3n) is 4.40. The highest BCUT2D eigenvalue weighted by molar-refractivity contribution is 7.98. The molecule has 2 aromatic heterocycles. The Hall–Kier alpha value is -2.21. The van der Waals surface area contributed by atoms with Crippen LogP contribution in [0.1, 0.15) is 16.7 Å². The Bertz CT molecular complexity index is 1120. The third-order valence-corrected chi connectivity index (χ3v) is 6.11. The van der Waals surface area contributed by atoms with E-state index >= 15 is 0 Å². The monoisotopic (exact) mass is 429 g/mol. The molecule has 4 nitrogen and oxygen atoms in total. The van der Waals surface area contributed by atoms with E-state index in [4.69, 9.17) is 27.6 Å². The summed E-state index contributed by atoms with van der Waals surface area (Å²) < 4.78 is 7.50. The highest BCUT2D eigenvalue weighted by Crippen LogP contribution is 2.33. The van der Waals surface area contributed by atoms with Gasteiger partial charge in [0.25, 0.3) is 0 Å². The summed E-state index contributed by atoms with van der Waals surface area (Å²) in [5.74, 6) is 2.04. The molecule has 0 fully saturated rings. The SMILES string of the molecule is Cc1ccc(C)c(CSc2nnc(-c3ccco3)n2-c2ccc(Cl)c(Cl)c2)c1.